The highest BCUT2D eigenvalue weighted by Gasteiger charge is 2.18. The Morgan fingerprint density at radius 3 is 2.62 bits per heavy atom. The number of piperazine rings is 1. The lowest BCUT2D eigenvalue weighted by molar-refractivity contribution is 0.131. The van der Waals surface area contributed by atoms with E-state index >= 15 is 0 Å². The van der Waals surface area contributed by atoms with E-state index in [2.05, 4.69) is 52.2 Å². The van der Waals surface area contributed by atoms with Crippen LogP contribution in [0.25, 0.3) is 10.9 Å². The Morgan fingerprint density at radius 1 is 1.14 bits per heavy atom. The van der Waals surface area contributed by atoms with E-state index in [1.165, 1.54) is 29.6 Å². The topological polar surface area (TPSA) is 48.3 Å². The third kappa shape index (κ3) is 3.46. The number of aromatic nitrogens is 1. The number of aromatic amines is 1. The van der Waals surface area contributed by atoms with Crippen LogP contribution in [0.3, 0.4) is 0 Å². The summed E-state index contributed by atoms with van der Waals surface area (Å²) in [4.78, 5) is 8.34. The van der Waals surface area contributed by atoms with Crippen LogP contribution in [0.15, 0.2) is 30.5 Å². The average Bonchev–Trinajstić information content (AvgIpc) is 2.91. The maximum Gasteiger partial charge on any atom is 0.0456 e. The molecule has 2 aromatic rings. The molecule has 1 atom stereocenters. The first-order valence-electron chi connectivity index (χ1n) is 8.01. The minimum Gasteiger partial charge on any atom is -0.361 e. The van der Waals surface area contributed by atoms with Crippen LogP contribution in [0.5, 0.6) is 0 Å². The quantitative estimate of drug-likeness (QED) is 0.879. The van der Waals surface area contributed by atoms with Crippen LogP contribution in [0.2, 0.25) is 0 Å². The van der Waals surface area contributed by atoms with Gasteiger partial charge in [-0.1, -0.05) is 25.1 Å². The molecule has 2 heterocycles. The number of H-pyrrole nitrogens is 1. The highest BCUT2D eigenvalue weighted by molar-refractivity contribution is 5.83. The predicted molar refractivity (Wildman–Crippen MR) is 88.5 cm³/mol. The molecule has 0 bridgehead atoms. The number of nitrogens with zero attached hydrogens (tertiary/aromatic N) is 2. The van der Waals surface area contributed by atoms with Crippen molar-refractivity contribution in [2.75, 3.05) is 39.3 Å². The summed E-state index contributed by atoms with van der Waals surface area (Å²) in [6.07, 6.45) is 3.05. The maximum absolute atomic E-state index is 6.38. The number of likely N-dealkylation sites (N-methyl/N-ethyl adjacent to an activating group) is 1. The van der Waals surface area contributed by atoms with Crippen molar-refractivity contribution in [3.8, 4) is 0 Å². The van der Waals surface area contributed by atoms with Gasteiger partial charge in [-0.2, -0.15) is 0 Å². The Hall–Kier alpha value is -1.36. The van der Waals surface area contributed by atoms with Gasteiger partial charge >= 0.3 is 0 Å². The molecular formula is C17H26N4. The van der Waals surface area contributed by atoms with Gasteiger partial charge in [0.1, 0.15) is 0 Å². The average molecular weight is 286 g/mol. The number of benzene rings is 1. The lowest BCUT2D eigenvalue weighted by Gasteiger charge is -2.35. The zero-order valence-corrected chi connectivity index (χ0v) is 12.9. The summed E-state index contributed by atoms with van der Waals surface area (Å²) in [5.74, 6) is 0. The molecular weight excluding hydrogens is 260 g/mol. The zero-order valence-electron chi connectivity index (χ0n) is 12.9. The van der Waals surface area contributed by atoms with Crippen molar-refractivity contribution < 1.29 is 0 Å². The molecule has 114 valence electrons. The van der Waals surface area contributed by atoms with Gasteiger partial charge in [0.05, 0.1) is 0 Å². The number of nitrogens with one attached hydrogen (secondary N) is 1. The Morgan fingerprint density at radius 2 is 1.86 bits per heavy atom. The predicted octanol–water partition coefficient (Wildman–Crippen LogP) is 1.68. The van der Waals surface area contributed by atoms with E-state index in [9.17, 15) is 0 Å². The second-order valence-electron chi connectivity index (χ2n) is 6.06. The summed E-state index contributed by atoms with van der Waals surface area (Å²) in [5, 5.41) is 1.31. The van der Waals surface area contributed by atoms with Gasteiger partial charge in [0, 0.05) is 55.9 Å². The van der Waals surface area contributed by atoms with Gasteiger partial charge in [-0.15, -0.1) is 0 Å². The fraction of sp³-hybridized carbons (Fsp3) is 0.529. The number of hydrogen-bond donors (Lipinski definition) is 2. The van der Waals surface area contributed by atoms with E-state index in [4.69, 9.17) is 5.73 Å². The second kappa shape index (κ2) is 6.60. The molecule has 0 aliphatic carbocycles. The molecule has 4 nitrogen and oxygen atoms in total. The molecule has 0 saturated carbocycles. The van der Waals surface area contributed by atoms with E-state index in [-0.39, 0.29) is 6.04 Å². The Labute approximate surface area is 126 Å². The second-order valence-corrected chi connectivity index (χ2v) is 6.06. The highest BCUT2D eigenvalue weighted by Crippen LogP contribution is 2.19. The standard InChI is InChI=1S/C17H26N4/c1-2-20-7-9-21(10-8-20)13-15(18)11-14-12-19-17-6-4-3-5-16(14)17/h3-6,12,15,19H,2,7-11,13,18H2,1H3/t15-/m0/s1. The number of hydrogen-bond acceptors (Lipinski definition) is 3. The first-order valence-corrected chi connectivity index (χ1v) is 8.01. The molecule has 1 aliphatic heterocycles. The molecule has 4 heteroatoms. The van der Waals surface area contributed by atoms with Gasteiger partial charge in [-0.3, -0.25) is 4.90 Å². The third-order valence-corrected chi connectivity index (χ3v) is 4.56. The van der Waals surface area contributed by atoms with E-state index < -0.39 is 0 Å². The van der Waals surface area contributed by atoms with Crippen LogP contribution in [-0.2, 0) is 6.42 Å². The fourth-order valence-electron chi connectivity index (χ4n) is 3.27. The van der Waals surface area contributed by atoms with Crippen molar-refractivity contribution in [1.82, 2.24) is 14.8 Å². The van der Waals surface area contributed by atoms with Crippen molar-refractivity contribution >= 4 is 10.9 Å². The summed E-state index contributed by atoms with van der Waals surface area (Å²) >= 11 is 0. The van der Waals surface area contributed by atoms with Crippen molar-refractivity contribution in [3.05, 3.63) is 36.0 Å². The van der Waals surface area contributed by atoms with Gasteiger partial charge in [-0.25, -0.2) is 0 Å². The summed E-state index contributed by atoms with van der Waals surface area (Å²) in [5.41, 5.74) is 8.93. The van der Waals surface area contributed by atoms with Crippen LogP contribution in [0, 0.1) is 0 Å². The highest BCUT2D eigenvalue weighted by atomic mass is 15.3. The molecule has 0 unspecified atom stereocenters. The minimum absolute atomic E-state index is 0.206. The maximum atomic E-state index is 6.38. The Kier molecular flexibility index (Phi) is 4.58. The van der Waals surface area contributed by atoms with Crippen LogP contribution >= 0.6 is 0 Å². The molecule has 1 aromatic heterocycles. The summed E-state index contributed by atoms with van der Waals surface area (Å²) in [6, 6.07) is 8.66. The fourth-order valence-corrected chi connectivity index (χ4v) is 3.27. The summed E-state index contributed by atoms with van der Waals surface area (Å²) in [7, 11) is 0. The molecule has 21 heavy (non-hydrogen) atoms. The molecule has 0 radical (unpaired) electrons. The van der Waals surface area contributed by atoms with Gasteiger partial charge in [-0.05, 0) is 24.6 Å². The van der Waals surface area contributed by atoms with Gasteiger partial charge < -0.3 is 15.6 Å². The van der Waals surface area contributed by atoms with Crippen molar-refractivity contribution in [3.63, 3.8) is 0 Å². The molecule has 1 aliphatic rings. The third-order valence-electron chi connectivity index (χ3n) is 4.56. The van der Waals surface area contributed by atoms with Crippen LogP contribution in [0.4, 0.5) is 0 Å². The van der Waals surface area contributed by atoms with Crippen molar-refractivity contribution in [1.29, 1.82) is 0 Å². The van der Waals surface area contributed by atoms with Crippen molar-refractivity contribution in [2.45, 2.75) is 19.4 Å². The van der Waals surface area contributed by atoms with E-state index in [0.717, 1.165) is 32.6 Å². The number of rotatable bonds is 5. The molecule has 1 fully saturated rings. The molecule has 1 aromatic carbocycles. The zero-order chi connectivity index (χ0) is 14.7. The summed E-state index contributed by atoms with van der Waals surface area (Å²) < 4.78 is 0. The lowest BCUT2D eigenvalue weighted by Crippen LogP contribution is -2.50. The lowest BCUT2D eigenvalue weighted by atomic mass is 10.0. The van der Waals surface area contributed by atoms with Crippen LogP contribution < -0.4 is 5.73 Å². The van der Waals surface area contributed by atoms with E-state index in [0.29, 0.717) is 0 Å². The number of fused-ring (bicyclic) bond motifs is 1. The molecule has 3 rings (SSSR count). The first-order chi connectivity index (χ1) is 10.3. The monoisotopic (exact) mass is 286 g/mol. The minimum atomic E-state index is 0.206. The van der Waals surface area contributed by atoms with Crippen LogP contribution in [-0.4, -0.2) is 60.1 Å². The largest absolute Gasteiger partial charge is 0.361 e. The van der Waals surface area contributed by atoms with Crippen molar-refractivity contribution in [2.24, 2.45) is 5.73 Å². The van der Waals surface area contributed by atoms with E-state index in [1.54, 1.807) is 0 Å². The Balaban J connectivity index is 1.56. The van der Waals surface area contributed by atoms with E-state index in [1.807, 2.05) is 0 Å². The molecule has 3 N–H and O–H groups in total. The van der Waals surface area contributed by atoms with Crippen LogP contribution in [0.1, 0.15) is 12.5 Å². The Bertz CT molecular complexity index is 569. The number of para-hydroxylation sites is 1. The summed E-state index contributed by atoms with van der Waals surface area (Å²) in [6.45, 7) is 9.04. The van der Waals surface area contributed by atoms with Gasteiger partial charge in [0.25, 0.3) is 0 Å². The number of nitrogens with two attached hydrogens (primary N) is 1. The first kappa shape index (κ1) is 14.6. The molecule has 0 spiro atoms. The SMILES string of the molecule is CCN1CCN(C[C@@H](N)Cc2c[nH]c3ccccc23)CC1. The van der Waals surface area contributed by atoms with Gasteiger partial charge in [0.15, 0.2) is 0 Å². The smallest absolute Gasteiger partial charge is 0.0456 e. The van der Waals surface area contributed by atoms with Gasteiger partial charge in [0.2, 0.25) is 0 Å². The molecule has 0 amide bonds. The molecule has 1 saturated heterocycles. The normalized spacial score (nSPS) is 19.1.